The molecule has 29 heavy (non-hydrogen) atoms. The molecule has 2 N–H and O–H groups in total. The Hall–Kier alpha value is -2.97. The predicted octanol–water partition coefficient (Wildman–Crippen LogP) is 3.19. The number of carbonyl (C=O) groups is 1. The molecule has 1 amide bonds. The molecule has 1 aliphatic rings. The van der Waals surface area contributed by atoms with Crippen molar-refractivity contribution >= 4 is 21.6 Å². The molecule has 0 aliphatic carbocycles. The van der Waals surface area contributed by atoms with E-state index < -0.39 is 10.0 Å². The van der Waals surface area contributed by atoms with Gasteiger partial charge in [-0.15, -0.1) is 0 Å². The van der Waals surface area contributed by atoms with E-state index in [-0.39, 0.29) is 24.7 Å². The highest BCUT2D eigenvalue weighted by atomic mass is 32.2. The smallest absolute Gasteiger partial charge is 0.221 e. The van der Waals surface area contributed by atoms with Crippen LogP contribution in [0.3, 0.4) is 0 Å². The summed E-state index contributed by atoms with van der Waals surface area (Å²) in [6.07, 6.45) is 0. The second-order valence-electron chi connectivity index (χ2n) is 7.26. The molecule has 4 rings (SSSR count). The Bertz CT molecular complexity index is 1170. The van der Waals surface area contributed by atoms with Crippen LogP contribution in [-0.4, -0.2) is 28.8 Å². The van der Waals surface area contributed by atoms with E-state index in [1.807, 2.05) is 55.5 Å². The van der Waals surface area contributed by atoms with Crippen LogP contribution in [0.1, 0.15) is 29.3 Å². The zero-order valence-electron chi connectivity index (χ0n) is 16.3. The number of aromatic amines is 1. The number of hydrogen-bond donors (Lipinski definition) is 2. The first kappa shape index (κ1) is 19.4. The number of amides is 1. The van der Waals surface area contributed by atoms with Gasteiger partial charge in [-0.05, 0) is 24.6 Å². The third-order valence-electron chi connectivity index (χ3n) is 4.95. The van der Waals surface area contributed by atoms with Gasteiger partial charge in [-0.3, -0.25) is 9.89 Å². The molecule has 0 saturated heterocycles. The third kappa shape index (κ3) is 3.94. The Morgan fingerprint density at radius 2 is 1.93 bits per heavy atom. The number of nitrogens with zero attached hydrogens (tertiary/aromatic N) is 2. The van der Waals surface area contributed by atoms with Gasteiger partial charge in [0.15, 0.2) is 0 Å². The number of carbonyl (C=O) groups excluding carboxylic acids is 1. The van der Waals surface area contributed by atoms with Crippen molar-refractivity contribution in [2.45, 2.75) is 32.7 Å². The van der Waals surface area contributed by atoms with Gasteiger partial charge in [0.25, 0.3) is 0 Å². The van der Waals surface area contributed by atoms with Gasteiger partial charge in [-0.1, -0.05) is 42.0 Å². The second-order valence-corrected chi connectivity index (χ2v) is 9.23. The van der Waals surface area contributed by atoms with E-state index >= 15 is 0 Å². The van der Waals surface area contributed by atoms with Crippen molar-refractivity contribution < 1.29 is 13.2 Å². The highest BCUT2D eigenvalue weighted by molar-refractivity contribution is 7.88. The van der Waals surface area contributed by atoms with E-state index in [9.17, 15) is 13.2 Å². The maximum atomic E-state index is 12.9. The predicted molar refractivity (Wildman–Crippen MR) is 111 cm³/mol. The van der Waals surface area contributed by atoms with Crippen molar-refractivity contribution in [3.8, 4) is 11.3 Å². The Labute approximate surface area is 169 Å². The molecule has 0 fully saturated rings. The quantitative estimate of drug-likeness (QED) is 0.675. The number of nitrogens with one attached hydrogen (secondary N) is 2. The highest BCUT2D eigenvalue weighted by Gasteiger charge is 2.33. The van der Waals surface area contributed by atoms with Crippen LogP contribution in [0.25, 0.3) is 11.3 Å². The van der Waals surface area contributed by atoms with Crippen LogP contribution in [0.15, 0.2) is 48.5 Å². The molecule has 3 aromatic rings. The third-order valence-corrected chi connectivity index (χ3v) is 6.70. The van der Waals surface area contributed by atoms with Crippen molar-refractivity contribution in [3.05, 3.63) is 70.9 Å². The Morgan fingerprint density at radius 1 is 1.17 bits per heavy atom. The number of rotatable bonds is 5. The molecule has 150 valence electrons. The van der Waals surface area contributed by atoms with E-state index in [0.29, 0.717) is 11.4 Å². The average Bonchev–Trinajstić information content (AvgIpc) is 3.25. The molecule has 8 heteroatoms. The molecule has 2 aromatic carbocycles. The molecular formula is C21H22N4O3S. The maximum absolute atomic E-state index is 12.9. The minimum absolute atomic E-state index is 0.0429. The highest BCUT2D eigenvalue weighted by Crippen LogP contribution is 2.36. The molecule has 2 heterocycles. The standard InChI is InChI=1S/C21H22N4O3S/c1-14-8-9-19(22-15(2)26)17(10-14)21-18-11-25(12-20(18)23-24-21)29(27,28)13-16-6-4-3-5-7-16/h3-10H,11-13H2,1-2H3,(H,22,26)(H,23,24). The second kappa shape index (κ2) is 7.46. The number of H-pyrrole nitrogens is 1. The fourth-order valence-corrected chi connectivity index (χ4v) is 5.00. The first-order valence-corrected chi connectivity index (χ1v) is 10.9. The van der Waals surface area contributed by atoms with Crippen molar-refractivity contribution in [1.82, 2.24) is 14.5 Å². The van der Waals surface area contributed by atoms with Crippen LogP contribution in [0, 0.1) is 6.92 Å². The monoisotopic (exact) mass is 410 g/mol. The van der Waals surface area contributed by atoms with Crippen LogP contribution in [0.4, 0.5) is 5.69 Å². The van der Waals surface area contributed by atoms with Gasteiger partial charge in [0.05, 0.1) is 29.4 Å². The SMILES string of the molecule is CC(=O)Nc1ccc(C)cc1-c1[nH]nc2c1CN(S(=O)(=O)Cc1ccccc1)C2. The lowest BCUT2D eigenvalue weighted by molar-refractivity contribution is -0.114. The van der Waals surface area contributed by atoms with Gasteiger partial charge in [-0.2, -0.15) is 9.40 Å². The number of aromatic nitrogens is 2. The number of hydrogen-bond acceptors (Lipinski definition) is 4. The van der Waals surface area contributed by atoms with Crippen molar-refractivity contribution in [2.24, 2.45) is 0 Å². The van der Waals surface area contributed by atoms with E-state index in [4.69, 9.17) is 0 Å². The lowest BCUT2D eigenvalue weighted by atomic mass is 10.0. The average molecular weight is 410 g/mol. The first-order chi connectivity index (χ1) is 13.8. The summed E-state index contributed by atoms with van der Waals surface area (Å²) in [6.45, 7) is 3.92. The molecule has 0 radical (unpaired) electrons. The minimum Gasteiger partial charge on any atom is -0.326 e. The zero-order valence-corrected chi connectivity index (χ0v) is 17.1. The van der Waals surface area contributed by atoms with Crippen LogP contribution in [0.5, 0.6) is 0 Å². The van der Waals surface area contributed by atoms with E-state index in [2.05, 4.69) is 15.5 Å². The fraction of sp³-hybridized carbons (Fsp3) is 0.238. The van der Waals surface area contributed by atoms with Gasteiger partial charge in [-0.25, -0.2) is 8.42 Å². The van der Waals surface area contributed by atoms with Crippen molar-refractivity contribution in [2.75, 3.05) is 5.32 Å². The molecule has 0 spiro atoms. The van der Waals surface area contributed by atoms with Crippen LogP contribution in [-0.2, 0) is 33.7 Å². The number of benzene rings is 2. The van der Waals surface area contributed by atoms with Gasteiger partial charge in [0.1, 0.15) is 0 Å². The number of fused-ring (bicyclic) bond motifs is 1. The summed E-state index contributed by atoms with van der Waals surface area (Å²) < 4.78 is 27.3. The molecular weight excluding hydrogens is 388 g/mol. The largest absolute Gasteiger partial charge is 0.326 e. The molecule has 0 saturated carbocycles. The number of sulfonamides is 1. The normalized spacial score (nSPS) is 14.0. The van der Waals surface area contributed by atoms with E-state index in [1.165, 1.54) is 11.2 Å². The van der Waals surface area contributed by atoms with Crippen LogP contribution >= 0.6 is 0 Å². The fourth-order valence-electron chi connectivity index (χ4n) is 3.56. The van der Waals surface area contributed by atoms with Crippen molar-refractivity contribution in [3.63, 3.8) is 0 Å². The van der Waals surface area contributed by atoms with Gasteiger partial charge in [0, 0.05) is 24.6 Å². The Kier molecular flexibility index (Phi) is 4.97. The summed E-state index contributed by atoms with van der Waals surface area (Å²) in [7, 11) is -3.48. The summed E-state index contributed by atoms with van der Waals surface area (Å²) >= 11 is 0. The molecule has 0 bridgehead atoms. The summed E-state index contributed by atoms with van der Waals surface area (Å²) in [5.74, 6) is -0.211. The van der Waals surface area contributed by atoms with Gasteiger partial charge >= 0.3 is 0 Å². The van der Waals surface area contributed by atoms with Gasteiger partial charge < -0.3 is 5.32 Å². The summed E-state index contributed by atoms with van der Waals surface area (Å²) in [5, 5.41) is 10.2. The molecule has 0 atom stereocenters. The molecule has 0 unspecified atom stereocenters. The van der Waals surface area contributed by atoms with E-state index in [1.54, 1.807) is 0 Å². The summed E-state index contributed by atoms with van der Waals surface area (Å²) in [5.41, 5.74) is 5.56. The summed E-state index contributed by atoms with van der Waals surface area (Å²) in [6, 6.07) is 14.9. The Balaban J connectivity index is 1.64. The lowest BCUT2D eigenvalue weighted by Gasteiger charge is -2.16. The minimum atomic E-state index is -3.48. The molecule has 1 aromatic heterocycles. The number of aryl methyl sites for hydroxylation is 1. The van der Waals surface area contributed by atoms with Crippen molar-refractivity contribution in [1.29, 1.82) is 0 Å². The van der Waals surface area contributed by atoms with Crippen LogP contribution in [0.2, 0.25) is 0 Å². The number of anilines is 1. The topological polar surface area (TPSA) is 95.2 Å². The van der Waals surface area contributed by atoms with Gasteiger partial charge in [0.2, 0.25) is 15.9 Å². The van der Waals surface area contributed by atoms with E-state index in [0.717, 1.165) is 27.9 Å². The first-order valence-electron chi connectivity index (χ1n) is 9.30. The zero-order chi connectivity index (χ0) is 20.6. The van der Waals surface area contributed by atoms with Crippen LogP contribution < -0.4 is 5.32 Å². The lowest BCUT2D eigenvalue weighted by Crippen LogP contribution is -2.27. The molecule has 1 aliphatic heterocycles. The summed E-state index contributed by atoms with van der Waals surface area (Å²) in [4.78, 5) is 11.6. The molecule has 7 nitrogen and oxygen atoms in total. The Morgan fingerprint density at radius 3 is 2.66 bits per heavy atom. The maximum Gasteiger partial charge on any atom is 0.221 e.